The second-order valence-electron chi connectivity index (χ2n) is 4.43. The van der Waals surface area contributed by atoms with Crippen molar-refractivity contribution in [2.75, 3.05) is 5.32 Å². The molecule has 0 aliphatic heterocycles. The van der Waals surface area contributed by atoms with Crippen molar-refractivity contribution in [3.8, 4) is 0 Å². The van der Waals surface area contributed by atoms with Gasteiger partial charge >= 0.3 is 5.63 Å². The highest BCUT2D eigenvalue weighted by Crippen LogP contribution is 2.17. The fraction of sp³-hybridized carbons (Fsp3) is 0. The summed E-state index contributed by atoms with van der Waals surface area (Å²) >= 11 is 0. The minimum Gasteiger partial charge on any atom is -0.430 e. The first-order chi connectivity index (χ1) is 10.6. The molecule has 22 heavy (non-hydrogen) atoms. The Kier molecular flexibility index (Phi) is 3.18. The van der Waals surface area contributed by atoms with Crippen molar-refractivity contribution in [1.82, 2.24) is 10.2 Å². The van der Waals surface area contributed by atoms with Gasteiger partial charge in [-0.3, -0.25) is 24.6 Å². The number of carbonyl (C=O) groups excluding carboxylic acids is 1. The average molecular weight is 299 g/mol. The molecule has 2 aromatic heterocycles. The Morgan fingerprint density at radius 2 is 1.77 bits per heavy atom. The maximum atomic E-state index is 12.1. The normalized spacial score (nSPS) is 10.5. The van der Waals surface area contributed by atoms with Crippen LogP contribution < -0.4 is 22.1 Å². The second kappa shape index (κ2) is 5.17. The van der Waals surface area contributed by atoms with Crippen LogP contribution in [0.2, 0.25) is 0 Å². The summed E-state index contributed by atoms with van der Waals surface area (Å²) in [6.07, 6.45) is 1.01. The van der Waals surface area contributed by atoms with Crippen molar-refractivity contribution < 1.29 is 9.21 Å². The lowest BCUT2D eigenvalue weighted by Crippen LogP contribution is -2.21. The molecule has 3 aromatic rings. The fourth-order valence-corrected chi connectivity index (χ4v) is 2.02. The number of rotatable bonds is 2. The lowest BCUT2D eigenvalue weighted by Gasteiger charge is -2.07. The number of hydrogen-bond acceptors (Lipinski definition) is 5. The van der Waals surface area contributed by atoms with Crippen molar-refractivity contribution >= 4 is 22.4 Å². The molecule has 0 radical (unpaired) electrons. The highest BCUT2D eigenvalue weighted by molar-refractivity contribution is 6.08. The number of carbonyl (C=O) groups is 1. The summed E-state index contributed by atoms with van der Waals surface area (Å²) in [6, 6.07) is 6.91. The van der Waals surface area contributed by atoms with Gasteiger partial charge in [-0.2, -0.15) is 0 Å². The quantitative estimate of drug-likeness (QED) is 0.632. The molecule has 3 rings (SSSR count). The topological polar surface area (TPSA) is 125 Å². The number of benzene rings is 1. The van der Waals surface area contributed by atoms with E-state index < -0.39 is 22.7 Å². The molecule has 0 aliphatic carbocycles. The molecule has 0 saturated carbocycles. The van der Waals surface area contributed by atoms with E-state index in [-0.39, 0.29) is 22.0 Å². The maximum Gasteiger partial charge on any atom is 0.335 e. The minimum absolute atomic E-state index is 0.0667. The van der Waals surface area contributed by atoms with Crippen LogP contribution in [0, 0.1) is 0 Å². The minimum atomic E-state index is -0.579. The van der Waals surface area contributed by atoms with E-state index >= 15 is 0 Å². The van der Waals surface area contributed by atoms with Crippen molar-refractivity contribution in [2.24, 2.45) is 0 Å². The van der Waals surface area contributed by atoms with Crippen LogP contribution in [-0.2, 0) is 0 Å². The van der Waals surface area contributed by atoms with E-state index in [0.29, 0.717) is 0 Å². The van der Waals surface area contributed by atoms with Gasteiger partial charge in [-0.1, -0.05) is 6.07 Å². The molecule has 8 heteroatoms. The summed E-state index contributed by atoms with van der Waals surface area (Å²) in [5.41, 5.74) is -1.30. The zero-order chi connectivity index (χ0) is 15.7. The summed E-state index contributed by atoms with van der Waals surface area (Å²) in [5.74, 6) is -0.573. The molecule has 0 spiro atoms. The van der Waals surface area contributed by atoms with Crippen molar-refractivity contribution in [3.63, 3.8) is 0 Å². The number of hydrogen-bond donors (Lipinski definition) is 3. The molecule has 8 nitrogen and oxygen atoms in total. The summed E-state index contributed by atoms with van der Waals surface area (Å²) in [5, 5.41) is 7.14. The first kappa shape index (κ1) is 13.6. The van der Waals surface area contributed by atoms with Crippen LogP contribution in [0.25, 0.3) is 10.8 Å². The third kappa shape index (κ3) is 2.33. The lowest BCUT2D eigenvalue weighted by atomic mass is 10.1. The fourth-order valence-electron chi connectivity index (χ4n) is 2.02. The molecule has 110 valence electrons. The van der Waals surface area contributed by atoms with Crippen LogP contribution in [0.15, 0.2) is 55.4 Å². The number of aromatic nitrogens is 2. The van der Waals surface area contributed by atoms with Crippen LogP contribution in [0.3, 0.4) is 0 Å². The molecule has 3 N–H and O–H groups in total. The standard InChI is InChI=1S/C14H9N3O5/c18-10-5-4-7(6-22-10)12(19)15-9-3-1-2-8-11(9)14(21)17-16-13(8)20/h1-6H,(H,15,19)(H,16,20)(H,17,21). The third-order valence-electron chi connectivity index (χ3n) is 3.04. The molecular weight excluding hydrogens is 290 g/mol. The molecule has 0 unspecified atom stereocenters. The lowest BCUT2D eigenvalue weighted by molar-refractivity contribution is 0.102. The van der Waals surface area contributed by atoms with Crippen molar-refractivity contribution in [3.05, 3.63) is 73.3 Å². The van der Waals surface area contributed by atoms with Gasteiger partial charge in [-0.05, 0) is 18.2 Å². The summed E-state index contributed by atoms with van der Waals surface area (Å²) < 4.78 is 4.61. The highest BCUT2D eigenvalue weighted by atomic mass is 16.4. The molecule has 0 saturated heterocycles. The summed E-state index contributed by atoms with van der Waals surface area (Å²) in [7, 11) is 0. The van der Waals surface area contributed by atoms with Crippen LogP contribution >= 0.6 is 0 Å². The number of anilines is 1. The zero-order valence-corrected chi connectivity index (χ0v) is 11.0. The predicted octanol–water partition coefficient (Wildman–Crippen LogP) is 0.422. The van der Waals surface area contributed by atoms with Gasteiger partial charge in [0.05, 0.1) is 22.0 Å². The first-order valence-corrected chi connectivity index (χ1v) is 6.20. The molecule has 1 amide bonds. The number of amides is 1. The van der Waals surface area contributed by atoms with Gasteiger partial charge in [-0.25, -0.2) is 4.79 Å². The molecule has 2 heterocycles. The Labute approximate surface area is 121 Å². The Morgan fingerprint density at radius 1 is 1.00 bits per heavy atom. The second-order valence-corrected chi connectivity index (χ2v) is 4.43. The molecule has 0 fully saturated rings. The smallest absolute Gasteiger partial charge is 0.335 e. The SMILES string of the molecule is O=C(Nc1cccc2c(=O)[nH][nH]c(=O)c12)c1ccc(=O)oc1. The van der Waals surface area contributed by atoms with Gasteiger partial charge in [0.25, 0.3) is 17.0 Å². The van der Waals surface area contributed by atoms with E-state index in [0.717, 1.165) is 12.3 Å². The molecule has 1 aromatic carbocycles. The summed E-state index contributed by atoms with van der Waals surface area (Å²) in [6.45, 7) is 0. The number of H-pyrrole nitrogens is 2. The Hall–Kier alpha value is -3.42. The van der Waals surface area contributed by atoms with Crippen molar-refractivity contribution in [2.45, 2.75) is 0 Å². The van der Waals surface area contributed by atoms with Crippen LogP contribution in [0.4, 0.5) is 5.69 Å². The van der Waals surface area contributed by atoms with Crippen LogP contribution in [0.1, 0.15) is 10.4 Å². The van der Waals surface area contributed by atoms with E-state index in [2.05, 4.69) is 19.9 Å². The van der Waals surface area contributed by atoms with Gasteiger partial charge in [0, 0.05) is 6.07 Å². The third-order valence-corrected chi connectivity index (χ3v) is 3.04. The number of fused-ring (bicyclic) bond motifs is 1. The monoisotopic (exact) mass is 299 g/mol. The molecule has 0 bridgehead atoms. The van der Waals surface area contributed by atoms with E-state index in [1.165, 1.54) is 24.3 Å². The van der Waals surface area contributed by atoms with Gasteiger partial charge < -0.3 is 9.73 Å². The molecule has 0 aliphatic rings. The Balaban J connectivity index is 2.08. The van der Waals surface area contributed by atoms with E-state index in [4.69, 9.17) is 0 Å². The van der Waals surface area contributed by atoms with Gasteiger partial charge in [0.1, 0.15) is 6.26 Å². The predicted molar refractivity (Wildman–Crippen MR) is 78.1 cm³/mol. The number of nitrogens with one attached hydrogen (secondary N) is 3. The zero-order valence-electron chi connectivity index (χ0n) is 11.0. The highest BCUT2D eigenvalue weighted by Gasteiger charge is 2.12. The maximum absolute atomic E-state index is 12.1. The summed E-state index contributed by atoms with van der Waals surface area (Å²) in [4.78, 5) is 46.5. The van der Waals surface area contributed by atoms with E-state index in [1.807, 2.05) is 0 Å². The van der Waals surface area contributed by atoms with Gasteiger partial charge in [0.15, 0.2) is 0 Å². The average Bonchev–Trinajstić information content (AvgIpc) is 2.52. The first-order valence-electron chi connectivity index (χ1n) is 6.20. The number of aromatic amines is 2. The molecular formula is C14H9N3O5. The molecule has 0 atom stereocenters. The van der Waals surface area contributed by atoms with Crippen LogP contribution in [0.5, 0.6) is 0 Å². The Bertz CT molecular complexity index is 1020. The van der Waals surface area contributed by atoms with Crippen LogP contribution in [-0.4, -0.2) is 16.1 Å². The Morgan fingerprint density at radius 3 is 2.50 bits per heavy atom. The van der Waals surface area contributed by atoms with Gasteiger partial charge in [0.2, 0.25) is 0 Å². The largest absolute Gasteiger partial charge is 0.430 e. The van der Waals surface area contributed by atoms with E-state index in [9.17, 15) is 19.2 Å². The van der Waals surface area contributed by atoms with E-state index in [1.54, 1.807) is 0 Å². The van der Waals surface area contributed by atoms with Gasteiger partial charge in [-0.15, -0.1) is 0 Å². The van der Waals surface area contributed by atoms with Crippen molar-refractivity contribution in [1.29, 1.82) is 0 Å².